The average molecular weight is 387 g/mol. The predicted octanol–water partition coefficient (Wildman–Crippen LogP) is 5.38. The monoisotopic (exact) mass is 387 g/mol. The van der Waals surface area contributed by atoms with Gasteiger partial charge >= 0.3 is 6.09 Å². The van der Waals surface area contributed by atoms with Gasteiger partial charge in [-0.1, -0.05) is 42.5 Å². The summed E-state index contributed by atoms with van der Waals surface area (Å²) in [5.74, 6) is -0.247. The zero-order valence-corrected chi connectivity index (χ0v) is 16.8. The molecule has 0 fully saturated rings. The fourth-order valence-electron chi connectivity index (χ4n) is 3.01. The summed E-state index contributed by atoms with van der Waals surface area (Å²) in [5.41, 5.74) is 2.28. The highest BCUT2D eigenvalue weighted by Crippen LogP contribution is 2.24. The molecule has 1 unspecified atom stereocenters. The molecule has 152 valence electrons. The van der Waals surface area contributed by atoms with Crippen molar-refractivity contribution in [2.75, 3.05) is 26.8 Å². The Morgan fingerprint density at radius 3 is 2.46 bits per heavy atom. The SMILES string of the molecule is CCOC(=O)N(C)CCCOC(CCCc1ccccc1)c1ccc(F)cc1. The number of rotatable bonds is 11. The average Bonchev–Trinajstić information content (AvgIpc) is 2.71. The van der Waals surface area contributed by atoms with E-state index in [1.165, 1.54) is 17.7 Å². The van der Waals surface area contributed by atoms with E-state index >= 15 is 0 Å². The number of hydrogen-bond donors (Lipinski definition) is 0. The number of nitrogens with zero attached hydrogens (tertiary/aromatic N) is 1. The minimum absolute atomic E-state index is 0.0859. The van der Waals surface area contributed by atoms with Gasteiger partial charge in [0.25, 0.3) is 0 Å². The van der Waals surface area contributed by atoms with Gasteiger partial charge in [-0.15, -0.1) is 0 Å². The molecule has 4 nitrogen and oxygen atoms in total. The Labute approximate surface area is 167 Å². The van der Waals surface area contributed by atoms with Crippen LogP contribution in [0, 0.1) is 5.82 Å². The molecule has 0 aromatic heterocycles. The number of carbonyl (C=O) groups is 1. The van der Waals surface area contributed by atoms with Crippen LogP contribution in [0.1, 0.15) is 43.4 Å². The van der Waals surface area contributed by atoms with Crippen LogP contribution in [0.2, 0.25) is 0 Å². The number of carbonyl (C=O) groups excluding carboxylic acids is 1. The van der Waals surface area contributed by atoms with Crippen LogP contribution < -0.4 is 0 Å². The number of hydrogen-bond acceptors (Lipinski definition) is 3. The Bertz CT molecular complexity index is 691. The molecule has 0 saturated heterocycles. The van der Waals surface area contributed by atoms with E-state index in [9.17, 15) is 9.18 Å². The number of benzene rings is 2. The summed E-state index contributed by atoms with van der Waals surface area (Å²) in [6.45, 7) is 3.25. The summed E-state index contributed by atoms with van der Waals surface area (Å²) in [5, 5.41) is 0. The lowest BCUT2D eigenvalue weighted by molar-refractivity contribution is 0.0393. The Morgan fingerprint density at radius 2 is 1.79 bits per heavy atom. The number of amides is 1. The van der Waals surface area contributed by atoms with Crippen LogP contribution >= 0.6 is 0 Å². The first-order valence-electron chi connectivity index (χ1n) is 9.89. The summed E-state index contributed by atoms with van der Waals surface area (Å²) in [4.78, 5) is 13.2. The topological polar surface area (TPSA) is 38.8 Å². The fourth-order valence-corrected chi connectivity index (χ4v) is 3.01. The van der Waals surface area contributed by atoms with Crippen LogP contribution in [0.4, 0.5) is 9.18 Å². The summed E-state index contributed by atoms with van der Waals surface area (Å²) < 4.78 is 24.3. The first kappa shape index (κ1) is 21.9. The predicted molar refractivity (Wildman–Crippen MR) is 109 cm³/mol. The minimum Gasteiger partial charge on any atom is -0.450 e. The zero-order valence-electron chi connectivity index (χ0n) is 16.8. The van der Waals surface area contributed by atoms with Crippen LogP contribution in [-0.4, -0.2) is 37.8 Å². The summed E-state index contributed by atoms with van der Waals surface area (Å²) in [6, 6.07) is 16.9. The van der Waals surface area contributed by atoms with Gasteiger partial charge in [0.15, 0.2) is 0 Å². The highest BCUT2D eigenvalue weighted by molar-refractivity contribution is 5.67. The molecule has 0 saturated carbocycles. The van der Waals surface area contributed by atoms with Crippen molar-refractivity contribution in [2.24, 2.45) is 0 Å². The van der Waals surface area contributed by atoms with E-state index < -0.39 is 0 Å². The molecular weight excluding hydrogens is 357 g/mol. The smallest absolute Gasteiger partial charge is 0.409 e. The Kier molecular flexibility index (Phi) is 9.49. The van der Waals surface area contributed by atoms with E-state index in [-0.39, 0.29) is 18.0 Å². The molecule has 0 aliphatic rings. The molecule has 0 aliphatic heterocycles. The van der Waals surface area contributed by atoms with Crippen LogP contribution in [0.15, 0.2) is 54.6 Å². The van der Waals surface area contributed by atoms with E-state index in [4.69, 9.17) is 9.47 Å². The molecule has 0 bridgehead atoms. The Morgan fingerprint density at radius 1 is 1.07 bits per heavy atom. The molecule has 1 atom stereocenters. The largest absolute Gasteiger partial charge is 0.450 e. The van der Waals surface area contributed by atoms with Gasteiger partial charge in [0.1, 0.15) is 5.82 Å². The first-order valence-corrected chi connectivity index (χ1v) is 9.89. The second-order valence-corrected chi connectivity index (χ2v) is 6.76. The molecule has 0 radical (unpaired) electrons. The lowest BCUT2D eigenvalue weighted by Crippen LogP contribution is -2.29. The van der Waals surface area contributed by atoms with Crippen molar-refractivity contribution in [1.29, 1.82) is 0 Å². The van der Waals surface area contributed by atoms with Gasteiger partial charge in [-0.25, -0.2) is 9.18 Å². The Hall–Kier alpha value is -2.40. The summed E-state index contributed by atoms with van der Waals surface area (Å²) in [6.07, 6.45) is 3.13. The first-order chi connectivity index (χ1) is 13.6. The van der Waals surface area contributed by atoms with Crippen molar-refractivity contribution < 1.29 is 18.7 Å². The summed E-state index contributed by atoms with van der Waals surface area (Å²) in [7, 11) is 1.72. The normalized spacial score (nSPS) is 11.8. The van der Waals surface area contributed by atoms with Crippen molar-refractivity contribution in [2.45, 2.75) is 38.7 Å². The van der Waals surface area contributed by atoms with Gasteiger partial charge in [-0.3, -0.25) is 0 Å². The van der Waals surface area contributed by atoms with Crippen LogP contribution in [0.5, 0.6) is 0 Å². The quantitative estimate of drug-likeness (QED) is 0.486. The van der Waals surface area contributed by atoms with Crippen LogP contribution in [0.3, 0.4) is 0 Å². The van der Waals surface area contributed by atoms with E-state index in [1.807, 2.05) is 18.2 Å². The molecular formula is C23H30FNO3. The van der Waals surface area contributed by atoms with Gasteiger partial charge in [0.2, 0.25) is 0 Å². The maximum Gasteiger partial charge on any atom is 0.409 e. The van der Waals surface area contributed by atoms with Crippen molar-refractivity contribution >= 4 is 6.09 Å². The standard InChI is InChI=1S/C23H30FNO3/c1-3-27-23(26)25(2)17-8-18-28-22(20-13-15-21(24)16-14-20)12-7-11-19-9-5-4-6-10-19/h4-6,9-10,13-16,22H,3,7-8,11-12,17-18H2,1-2H3. The molecule has 0 aliphatic carbocycles. The number of halogens is 1. The van der Waals surface area contributed by atoms with Crippen molar-refractivity contribution in [1.82, 2.24) is 4.90 Å². The van der Waals surface area contributed by atoms with Crippen molar-refractivity contribution in [3.63, 3.8) is 0 Å². The maximum atomic E-state index is 13.3. The van der Waals surface area contributed by atoms with E-state index in [0.29, 0.717) is 26.2 Å². The number of aryl methyl sites for hydroxylation is 1. The summed E-state index contributed by atoms with van der Waals surface area (Å²) >= 11 is 0. The third-order valence-electron chi connectivity index (χ3n) is 4.55. The molecule has 2 aromatic carbocycles. The minimum atomic E-state index is -0.319. The third kappa shape index (κ3) is 7.69. The van der Waals surface area contributed by atoms with Gasteiger partial charge in [0.05, 0.1) is 12.7 Å². The molecule has 0 N–H and O–H groups in total. The van der Waals surface area contributed by atoms with Gasteiger partial charge in [-0.2, -0.15) is 0 Å². The van der Waals surface area contributed by atoms with Gasteiger partial charge < -0.3 is 14.4 Å². The molecule has 0 spiro atoms. The Balaban J connectivity index is 1.84. The highest BCUT2D eigenvalue weighted by atomic mass is 19.1. The van der Waals surface area contributed by atoms with Crippen molar-refractivity contribution in [3.8, 4) is 0 Å². The van der Waals surface area contributed by atoms with Gasteiger partial charge in [-0.05, 0) is 55.9 Å². The highest BCUT2D eigenvalue weighted by Gasteiger charge is 2.13. The fraction of sp³-hybridized carbons (Fsp3) is 0.435. The lowest BCUT2D eigenvalue weighted by Gasteiger charge is -2.20. The lowest BCUT2D eigenvalue weighted by atomic mass is 10.0. The van der Waals surface area contributed by atoms with E-state index in [0.717, 1.165) is 24.8 Å². The van der Waals surface area contributed by atoms with E-state index in [1.54, 1.807) is 31.0 Å². The van der Waals surface area contributed by atoms with Crippen molar-refractivity contribution in [3.05, 3.63) is 71.5 Å². The molecule has 2 aromatic rings. The molecule has 28 heavy (non-hydrogen) atoms. The molecule has 5 heteroatoms. The van der Waals surface area contributed by atoms with Crippen LogP contribution in [0.25, 0.3) is 0 Å². The third-order valence-corrected chi connectivity index (χ3v) is 4.55. The molecule has 2 rings (SSSR count). The van der Waals surface area contributed by atoms with Crippen LogP contribution in [-0.2, 0) is 15.9 Å². The zero-order chi connectivity index (χ0) is 20.2. The molecule has 0 heterocycles. The van der Waals surface area contributed by atoms with E-state index in [2.05, 4.69) is 12.1 Å². The molecule has 1 amide bonds. The van der Waals surface area contributed by atoms with Gasteiger partial charge in [0, 0.05) is 20.2 Å². The maximum absolute atomic E-state index is 13.3. The second-order valence-electron chi connectivity index (χ2n) is 6.76. The number of ether oxygens (including phenoxy) is 2. The second kappa shape index (κ2) is 12.1.